The number of benzene rings is 3. The summed E-state index contributed by atoms with van der Waals surface area (Å²) in [6, 6.07) is 23.0. The van der Waals surface area contributed by atoms with Crippen molar-refractivity contribution in [1.82, 2.24) is 4.57 Å². The van der Waals surface area contributed by atoms with E-state index in [1.165, 1.54) is 21.8 Å². The van der Waals surface area contributed by atoms with E-state index >= 15 is 0 Å². The lowest BCUT2D eigenvalue weighted by Crippen LogP contribution is -2.04. The average Bonchev–Trinajstić information content (AvgIpc) is 2.96. The number of para-hydroxylation sites is 2. The van der Waals surface area contributed by atoms with E-state index in [9.17, 15) is 0 Å². The lowest BCUT2D eigenvalue weighted by atomic mass is 10.2. The Balaban J connectivity index is 1.54. The van der Waals surface area contributed by atoms with Gasteiger partial charge in [0.1, 0.15) is 5.75 Å². The van der Waals surface area contributed by atoms with Crippen LogP contribution in [-0.4, -0.2) is 11.2 Å². The summed E-state index contributed by atoms with van der Waals surface area (Å²) in [5.41, 5.74) is 3.70. The first-order valence-electron chi connectivity index (χ1n) is 8.59. The Morgan fingerprint density at radius 1 is 0.880 bits per heavy atom. The monoisotopic (exact) mass is 349 g/mol. The lowest BCUT2D eigenvalue weighted by Gasteiger charge is -2.11. The van der Waals surface area contributed by atoms with Gasteiger partial charge in [0.2, 0.25) is 0 Å². The zero-order valence-corrected chi connectivity index (χ0v) is 15.0. The molecule has 0 saturated heterocycles. The fourth-order valence-corrected chi connectivity index (χ4v) is 3.54. The number of aromatic nitrogens is 1. The van der Waals surface area contributed by atoms with Gasteiger partial charge in [0.25, 0.3) is 0 Å². The Morgan fingerprint density at radius 3 is 2.20 bits per heavy atom. The summed E-state index contributed by atoms with van der Waals surface area (Å²) in [6.45, 7) is 3.60. The summed E-state index contributed by atoms with van der Waals surface area (Å²) < 4.78 is 8.28. The molecule has 4 rings (SSSR count). The fourth-order valence-electron chi connectivity index (χ4n) is 3.37. The molecule has 0 spiro atoms. The van der Waals surface area contributed by atoms with E-state index in [2.05, 4.69) is 53.1 Å². The smallest absolute Gasteiger partial charge is 0.138 e. The van der Waals surface area contributed by atoms with Gasteiger partial charge in [-0.2, -0.15) is 0 Å². The molecule has 0 fully saturated rings. The zero-order chi connectivity index (χ0) is 17.2. The third kappa shape index (κ3) is 3.10. The van der Waals surface area contributed by atoms with Crippen LogP contribution in [0.15, 0.2) is 66.7 Å². The summed E-state index contributed by atoms with van der Waals surface area (Å²) >= 11 is 6.20. The Labute approximate surface area is 152 Å². The summed E-state index contributed by atoms with van der Waals surface area (Å²) in [5, 5.41) is 3.28. The minimum absolute atomic E-state index is 0.643. The van der Waals surface area contributed by atoms with Crippen LogP contribution < -0.4 is 4.74 Å². The molecule has 3 heteroatoms. The van der Waals surface area contributed by atoms with Crippen molar-refractivity contribution in [3.8, 4) is 5.75 Å². The van der Waals surface area contributed by atoms with Crippen LogP contribution in [0.2, 0.25) is 5.02 Å². The van der Waals surface area contributed by atoms with Gasteiger partial charge in [-0.15, -0.1) is 0 Å². The van der Waals surface area contributed by atoms with Crippen LogP contribution in [0.3, 0.4) is 0 Å². The molecule has 0 amide bonds. The Hall–Kier alpha value is -2.45. The van der Waals surface area contributed by atoms with E-state index < -0.39 is 0 Å². The van der Waals surface area contributed by atoms with Crippen LogP contribution in [0.5, 0.6) is 5.75 Å². The van der Waals surface area contributed by atoms with E-state index in [-0.39, 0.29) is 0 Å². The van der Waals surface area contributed by atoms with Gasteiger partial charge in [-0.1, -0.05) is 54.1 Å². The molecular weight excluding hydrogens is 330 g/mol. The molecule has 0 N–H and O–H groups in total. The number of hydrogen-bond donors (Lipinski definition) is 0. The summed E-state index contributed by atoms with van der Waals surface area (Å²) in [5.74, 6) is 0.767. The molecule has 2 nitrogen and oxygen atoms in total. The van der Waals surface area contributed by atoms with Gasteiger partial charge in [-0.3, -0.25) is 0 Å². The summed E-state index contributed by atoms with van der Waals surface area (Å²) in [7, 11) is 0. The van der Waals surface area contributed by atoms with Crippen molar-refractivity contribution in [1.29, 1.82) is 0 Å². The maximum atomic E-state index is 6.20. The third-order valence-electron chi connectivity index (χ3n) is 4.55. The predicted octanol–water partition coefficient (Wildman–Crippen LogP) is 6.23. The fraction of sp³-hybridized carbons (Fsp3) is 0.182. The van der Waals surface area contributed by atoms with Crippen molar-refractivity contribution in [2.24, 2.45) is 0 Å². The minimum Gasteiger partial charge on any atom is -0.492 e. The maximum Gasteiger partial charge on any atom is 0.138 e. The minimum atomic E-state index is 0.643. The van der Waals surface area contributed by atoms with Crippen molar-refractivity contribution in [3.63, 3.8) is 0 Å². The van der Waals surface area contributed by atoms with Crippen LogP contribution in [0.25, 0.3) is 21.8 Å². The van der Waals surface area contributed by atoms with Gasteiger partial charge < -0.3 is 9.30 Å². The van der Waals surface area contributed by atoms with Crippen molar-refractivity contribution < 1.29 is 4.74 Å². The van der Waals surface area contributed by atoms with E-state index in [0.717, 1.165) is 24.3 Å². The van der Waals surface area contributed by atoms with Crippen LogP contribution in [-0.2, 0) is 6.54 Å². The molecule has 0 bridgehead atoms. The normalized spacial score (nSPS) is 11.3. The van der Waals surface area contributed by atoms with Gasteiger partial charge in [-0.05, 0) is 43.2 Å². The van der Waals surface area contributed by atoms with Crippen LogP contribution in [0.1, 0.15) is 12.0 Å². The van der Waals surface area contributed by atoms with Crippen molar-refractivity contribution in [2.45, 2.75) is 19.9 Å². The first-order valence-corrected chi connectivity index (χ1v) is 8.97. The number of rotatable bonds is 5. The van der Waals surface area contributed by atoms with Crippen molar-refractivity contribution in [3.05, 3.63) is 77.3 Å². The number of fused-ring (bicyclic) bond motifs is 3. The topological polar surface area (TPSA) is 14.2 Å². The zero-order valence-electron chi connectivity index (χ0n) is 14.2. The van der Waals surface area contributed by atoms with E-state index in [4.69, 9.17) is 16.3 Å². The first-order chi connectivity index (χ1) is 12.2. The molecule has 0 aliphatic heterocycles. The second-order valence-electron chi connectivity index (χ2n) is 6.32. The second kappa shape index (κ2) is 6.81. The maximum absolute atomic E-state index is 6.20. The average molecular weight is 350 g/mol. The molecule has 25 heavy (non-hydrogen) atoms. The molecule has 1 aromatic heterocycles. The highest BCUT2D eigenvalue weighted by Gasteiger charge is 2.09. The molecule has 126 valence electrons. The molecule has 1 heterocycles. The SMILES string of the molecule is Cc1ccc(Cl)c(OCCCn2c3ccccc3c3ccccc32)c1. The second-order valence-corrected chi connectivity index (χ2v) is 6.73. The van der Waals surface area contributed by atoms with Gasteiger partial charge in [0, 0.05) is 28.4 Å². The lowest BCUT2D eigenvalue weighted by molar-refractivity contribution is 0.303. The Bertz CT molecular complexity index is 981. The van der Waals surface area contributed by atoms with Gasteiger partial charge in [0.05, 0.1) is 11.6 Å². The highest BCUT2D eigenvalue weighted by atomic mass is 35.5. The molecule has 3 aromatic carbocycles. The van der Waals surface area contributed by atoms with Crippen LogP contribution >= 0.6 is 11.6 Å². The summed E-state index contributed by atoms with van der Waals surface area (Å²) in [4.78, 5) is 0. The predicted molar refractivity (Wildman–Crippen MR) is 106 cm³/mol. The molecule has 0 atom stereocenters. The Morgan fingerprint density at radius 2 is 1.52 bits per heavy atom. The summed E-state index contributed by atoms with van der Waals surface area (Å²) in [6.07, 6.45) is 0.924. The number of aryl methyl sites for hydroxylation is 2. The molecular formula is C22H20ClNO. The molecule has 0 aliphatic carbocycles. The van der Waals surface area contributed by atoms with Gasteiger partial charge >= 0.3 is 0 Å². The number of nitrogens with zero attached hydrogens (tertiary/aromatic N) is 1. The van der Waals surface area contributed by atoms with E-state index in [1.807, 2.05) is 25.1 Å². The van der Waals surface area contributed by atoms with Crippen molar-refractivity contribution in [2.75, 3.05) is 6.61 Å². The number of ether oxygens (including phenoxy) is 1. The molecule has 0 unspecified atom stereocenters. The standard InChI is InChI=1S/C22H20ClNO/c1-16-11-12-19(23)22(15-16)25-14-6-13-24-20-9-4-2-7-17(20)18-8-3-5-10-21(18)24/h2-5,7-12,15H,6,13-14H2,1H3. The molecule has 0 radical (unpaired) electrons. The first kappa shape index (κ1) is 16.0. The quantitative estimate of drug-likeness (QED) is 0.390. The van der Waals surface area contributed by atoms with E-state index in [1.54, 1.807) is 0 Å². The molecule has 0 aliphatic rings. The molecule has 0 saturated carbocycles. The van der Waals surface area contributed by atoms with Crippen molar-refractivity contribution >= 4 is 33.4 Å². The van der Waals surface area contributed by atoms with Crippen LogP contribution in [0.4, 0.5) is 0 Å². The Kier molecular flexibility index (Phi) is 4.37. The third-order valence-corrected chi connectivity index (χ3v) is 4.86. The van der Waals surface area contributed by atoms with Crippen LogP contribution in [0, 0.1) is 6.92 Å². The highest BCUT2D eigenvalue weighted by Crippen LogP contribution is 2.29. The number of halogens is 1. The largest absolute Gasteiger partial charge is 0.492 e. The van der Waals surface area contributed by atoms with Gasteiger partial charge in [0.15, 0.2) is 0 Å². The highest BCUT2D eigenvalue weighted by molar-refractivity contribution is 6.32. The number of hydrogen-bond acceptors (Lipinski definition) is 1. The molecule has 4 aromatic rings. The van der Waals surface area contributed by atoms with E-state index in [0.29, 0.717) is 11.6 Å². The van der Waals surface area contributed by atoms with Gasteiger partial charge in [-0.25, -0.2) is 0 Å².